The molecule has 0 aromatic heterocycles. The zero-order valence-corrected chi connectivity index (χ0v) is 18.8. The van der Waals surface area contributed by atoms with Gasteiger partial charge in [-0.3, -0.25) is 9.59 Å². The van der Waals surface area contributed by atoms with Crippen LogP contribution in [0.3, 0.4) is 0 Å². The molecule has 3 rings (SSSR count). The normalized spacial score (nSPS) is 11.0. The van der Waals surface area contributed by atoms with Gasteiger partial charge in [0.25, 0.3) is 0 Å². The third kappa shape index (κ3) is 5.64. The van der Waals surface area contributed by atoms with Crippen LogP contribution in [0.5, 0.6) is 11.5 Å². The van der Waals surface area contributed by atoms with Gasteiger partial charge in [-0.05, 0) is 35.9 Å². The monoisotopic (exact) mass is 473 g/mol. The molecular weight excluding hydrogens is 454 g/mol. The average molecular weight is 474 g/mol. The first-order chi connectivity index (χ1) is 15.0. The van der Waals surface area contributed by atoms with E-state index in [1.54, 1.807) is 48.5 Å². The van der Waals surface area contributed by atoms with Crippen LogP contribution in [0.15, 0.2) is 65.6 Å². The van der Waals surface area contributed by atoms with Crippen molar-refractivity contribution in [1.29, 1.82) is 0 Å². The Morgan fingerprint density at radius 1 is 0.938 bits per heavy atom. The number of carbonyl (C=O) groups is 2. The lowest BCUT2D eigenvalue weighted by atomic mass is 10.0. The van der Waals surface area contributed by atoms with Gasteiger partial charge in [-0.15, -0.1) is 0 Å². The maximum atomic E-state index is 12.3. The van der Waals surface area contributed by atoms with Crippen LogP contribution in [0.1, 0.15) is 13.8 Å². The van der Waals surface area contributed by atoms with Crippen molar-refractivity contribution in [1.82, 2.24) is 0 Å². The van der Waals surface area contributed by atoms with Crippen LogP contribution < -0.4 is 20.5 Å². The highest BCUT2D eigenvalue weighted by atomic mass is 35.5. The van der Waals surface area contributed by atoms with Crippen molar-refractivity contribution in [3.63, 3.8) is 0 Å². The van der Waals surface area contributed by atoms with Gasteiger partial charge in [-0.25, -0.2) is 13.6 Å². The molecule has 0 aliphatic rings. The molecule has 0 spiro atoms. The highest BCUT2D eigenvalue weighted by Crippen LogP contribution is 2.38. The number of hydrogen-bond donors (Lipinski definition) is 3. The lowest BCUT2D eigenvalue weighted by Gasteiger charge is -2.14. The van der Waals surface area contributed by atoms with E-state index in [0.717, 1.165) is 0 Å². The Morgan fingerprint density at radius 3 is 2.28 bits per heavy atom. The van der Waals surface area contributed by atoms with Crippen LogP contribution in [-0.4, -0.2) is 20.2 Å². The van der Waals surface area contributed by atoms with E-state index >= 15 is 0 Å². The minimum atomic E-state index is -4.16. The predicted molar refractivity (Wildman–Crippen MR) is 123 cm³/mol. The van der Waals surface area contributed by atoms with E-state index in [0.29, 0.717) is 28.3 Å². The van der Waals surface area contributed by atoms with Crippen molar-refractivity contribution in [2.24, 2.45) is 5.14 Å². The fourth-order valence-electron chi connectivity index (χ4n) is 2.99. The van der Waals surface area contributed by atoms with Crippen LogP contribution in [-0.2, 0) is 19.6 Å². The first-order valence-electron chi connectivity index (χ1n) is 9.33. The smallest absolute Gasteiger partial charge is 0.241 e. The molecule has 0 atom stereocenters. The third-order valence-corrected chi connectivity index (χ3v) is 5.59. The Morgan fingerprint density at radius 2 is 1.62 bits per heavy atom. The number of halogens is 1. The van der Waals surface area contributed by atoms with Crippen molar-refractivity contribution in [2.45, 2.75) is 18.7 Å². The number of ether oxygens (including phenoxy) is 1. The second-order valence-corrected chi connectivity index (χ2v) is 8.77. The third-order valence-electron chi connectivity index (χ3n) is 4.25. The first kappa shape index (κ1) is 23.3. The molecule has 2 amide bonds. The number of rotatable bonds is 6. The van der Waals surface area contributed by atoms with E-state index in [9.17, 15) is 18.0 Å². The van der Waals surface area contributed by atoms with Gasteiger partial charge in [-0.2, -0.15) is 0 Å². The number of anilines is 2. The molecule has 0 heterocycles. The van der Waals surface area contributed by atoms with Crippen molar-refractivity contribution in [2.75, 3.05) is 10.6 Å². The number of primary sulfonamides is 1. The van der Waals surface area contributed by atoms with Crippen LogP contribution in [0.2, 0.25) is 5.02 Å². The van der Waals surface area contributed by atoms with E-state index in [2.05, 4.69) is 10.6 Å². The molecular formula is C22H20ClN3O5S. The Bertz CT molecular complexity index is 1310. The van der Waals surface area contributed by atoms with E-state index < -0.39 is 10.0 Å². The highest BCUT2D eigenvalue weighted by molar-refractivity contribution is 7.89. The molecule has 0 unspecified atom stereocenters. The van der Waals surface area contributed by atoms with Gasteiger partial charge in [0.2, 0.25) is 21.8 Å². The van der Waals surface area contributed by atoms with E-state index in [-0.39, 0.29) is 27.5 Å². The fraction of sp³-hybridized carbons (Fsp3) is 0.0909. The SMILES string of the molecule is CC(=O)Nc1cccc(Oc2ccc(-c3cccc(NC(C)=O)c3Cl)cc2S(N)(=O)=O)c1. The van der Waals surface area contributed by atoms with Gasteiger partial charge < -0.3 is 15.4 Å². The van der Waals surface area contributed by atoms with Gasteiger partial charge in [0.1, 0.15) is 16.4 Å². The number of amides is 2. The Balaban J connectivity index is 2.04. The number of nitrogens with one attached hydrogen (secondary N) is 2. The van der Waals surface area contributed by atoms with Crippen molar-refractivity contribution < 1.29 is 22.7 Å². The second-order valence-electron chi connectivity index (χ2n) is 6.87. The quantitative estimate of drug-likeness (QED) is 0.490. The zero-order chi connectivity index (χ0) is 23.5. The number of nitrogens with two attached hydrogens (primary N) is 1. The molecule has 10 heteroatoms. The van der Waals surface area contributed by atoms with Gasteiger partial charge in [-0.1, -0.05) is 35.9 Å². The molecule has 0 saturated heterocycles. The Hall–Kier alpha value is -3.40. The molecule has 4 N–H and O–H groups in total. The first-order valence-corrected chi connectivity index (χ1v) is 11.3. The standard InChI is InChI=1S/C22H20ClN3O5S/c1-13(27)25-16-5-3-6-17(12-16)31-20-10-9-15(11-21(20)32(24,29)30)18-7-4-8-19(22(18)23)26-14(2)28/h3-12H,1-2H3,(H,25,27)(H,26,28)(H2,24,29,30). The molecule has 0 aliphatic heterocycles. The van der Waals surface area contributed by atoms with Crippen molar-refractivity contribution in [3.8, 4) is 22.6 Å². The lowest BCUT2D eigenvalue weighted by molar-refractivity contribution is -0.115. The molecule has 3 aromatic carbocycles. The van der Waals surface area contributed by atoms with E-state index in [1.807, 2.05) is 0 Å². The van der Waals surface area contributed by atoms with E-state index in [1.165, 1.54) is 26.0 Å². The molecule has 32 heavy (non-hydrogen) atoms. The van der Waals surface area contributed by atoms with Crippen LogP contribution in [0.25, 0.3) is 11.1 Å². The number of carbonyl (C=O) groups excluding carboxylic acids is 2. The zero-order valence-electron chi connectivity index (χ0n) is 17.2. The minimum Gasteiger partial charge on any atom is -0.456 e. The summed E-state index contributed by atoms with van der Waals surface area (Å²) in [4.78, 5) is 22.4. The topological polar surface area (TPSA) is 128 Å². The van der Waals surface area contributed by atoms with Crippen molar-refractivity contribution in [3.05, 3.63) is 65.7 Å². The molecule has 166 valence electrons. The van der Waals surface area contributed by atoms with Crippen LogP contribution in [0, 0.1) is 0 Å². The average Bonchev–Trinajstić information content (AvgIpc) is 2.69. The molecule has 0 aliphatic carbocycles. The number of sulfonamides is 1. The summed E-state index contributed by atoms with van der Waals surface area (Å²) in [5.74, 6) is -0.237. The molecule has 8 nitrogen and oxygen atoms in total. The summed E-state index contributed by atoms with van der Waals surface area (Å²) in [6.45, 7) is 2.73. The summed E-state index contributed by atoms with van der Waals surface area (Å²) >= 11 is 6.42. The van der Waals surface area contributed by atoms with Crippen LogP contribution in [0.4, 0.5) is 11.4 Å². The maximum absolute atomic E-state index is 12.3. The van der Waals surface area contributed by atoms with Gasteiger partial charge >= 0.3 is 0 Å². The summed E-state index contributed by atoms with van der Waals surface area (Å²) in [6.07, 6.45) is 0. The Kier molecular flexibility index (Phi) is 6.83. The van der Waals surface area contributed by atoms with Crippen LogP contribution >= 0.6 is 11.6 Å². The van der Waals surface area contributed by atoms with E-state index in [4.69, 9.17) is 21.5 Å². The molecule has 3 aromatic rings. The molecule has 0 radical (unpaired) electrons. The molecule has 0 saturated carbocycles. The summed E-state index contributed by atoms with van der Waals surface area (Å²) < 4.78 is 30.3. The Labute approximate surface area is 190 Å². The van der Waals surface area contributed by atoms with Gasteiger partial charge in [0.15, 0.2) is 0 Å². The molecule has 0 bridgehead atoms. The molecule has 0 fully saturated rings. The fourth-order valence-corrected chi connectivity index (χ4v) is 3.95. The number of benzene rings is 3. The minimum absolute atomic E-state index is 0.00497. The maximum Gasteiger partial charge on any atom is 0.241 e. The largest absolute Gasteiger partial charge is 0.456 e. The summed E-state index contributed by atoms with van der Waals surface area (Å²) in [6, 6.07) is 15.9. The van der Waals surface area contributed by atoms with Gasteiger partial charge in [0, 0.05) is 31.2 Å². The number of hydrogen-bond acceptors (Lipinski definition) is 5. The highest BCUT2D eigenvalue weighted by Gasteiger charge is 2.19. The summed E-state index contributed by atoms with van der Waals surface area (Å²) in [5, 5.41) is 10.9. The van der Waals surface area contributed by atoms with Gasteiger partial charge in [0.05, 0.1) is 10.7 Å². The predicted octanol–water partition coefficient (Wildman–Crippen LogP) is 4.36. The summed E-state index contributed by atoms with van der Waals surface area (Å²) in [5.41, 5.74) is 1.85. The second kappa shape index (κ2) is 9.39. The lowest BCUT2D eigenvalue weighted by Crippen LogP contribution is -2.13. The summed E-state index contributed by atoms with van der Waals surface area (Å²) in [7, 11) is -4.16. The van der Waals surface area contributed by atoms with Crippen molar-refractivity contribution >= 4 is 44.8 Å².